The fourth-order valence-corrected chi connectivity index (χ4v) is 3.06. The van der Waals surface area contributed by atoms with Crippen LogP contribution in [-0.4, -0.2) is 11.8 Å². The highest BCUT2D eigenvalue weighted by Crippen LogP contribution is 2.36. The number of nitrogens with two attached hydrogens (primary N) is 1. The summed E-state index contributed by atoms with van der Waals surface area (Å²) in [6, 6.07) is 12.3. The highest BCUT2D eigenvalue weighted by atomic mass is 35.5. The smallest absolute Gasteiger partial charge is 0.258 e. The molecular weight excluding hydrogens is 338 g/mol. The molecule has 0 atom stereocenters. The molecule has 0 saturated carbocycles. The average molecular weight is 356 g/mol. The third kappa shape index (κ3) is 3.51. The topological polar surface area (TPSA) is 84.2 Å². The molecule has 25 heavy (non-hydrogen) atoms. The predicted octanol–water partition coefficient (Wildman–Crippen LogP) is 4.01. The largest absolute Gasteiger partial charge is 0.366 e. The first-order valence-electron chi connectivity index (χ1n) is 8.01. The van der Waals surface area contributed by atoms with Crippen molar-refractivity contribution in [1.29, 1.82) is 0 Å². The Balaban J connectivity index is 2.06. The van der Waals surface area contributed by atoms with Crippen molar-refractivity contribution in [2.24, 2.45) is 5.73 Å². The SMILES string of the molecule is CCC/C(Nc1cccc(Cl)c1)=C1/C(=O)Nc2cc(C(N)=O)ccc21. The molecule has 2 aromatic carbocycles. The summed E-state index contributed by atoms with van der Waals surface area (Å²) >= 11 is 6.04. The van der Waals surface area contributed by atoms with Gasteiger partial charge in [-0.05, 0) is 36.8 Å². The zero-order chi connectivity index (χ0) is 18.0. The highest BCUT2D eigenvalue weighted by Gasteiger charge is 2.28. The summed E-state index contributed by atoms with van der Waals surface area (Å²) in [6.07, 6.45) is 1.57. The molecule has 0 bridgehead atoms. The average Bonchev–Trinajstić information content (AvgIpc) is 2.89. The Hall–Kier alpha value is -2.79. The lowest BCUT2D eigenvalue weighted by molar-refractivity contribution is -0.110. The maximum absolute atomic E-state index is 12.5. The Morgan fingerprint density at radius 2 is 2.04 bits per heavy atom. The molecule has 2 amide bonds. The van der Waals surface area contributed by atoms with E-state index in [2.05, 4.69) is 10.6 Å². The molecule has 1 aliphatic heterocycles. The summed E-state index contributed by atoms with van der Waals surface area (Å²) in [5.74, 6) is -0.727. The van der Waals surface area contributed by atoms with Gasteiger partial charge in [0, 0.05) is 33.2 Å². The van der Waals surface area contributed by atoms with Crippen LogP contribution in [0.5, 0.6) is 0 Å². The first-order valence-corrected chi connectivity index (χ1v) is 8.38. The van der Waals surface area contributed by atoms with Gasteiger partial charge in [0.15, 0.2) is 0 Å². The Labute approximate surface area is 150 Å². The summed E-state index contributed by atoms with van der Waals surface area (Å²) in [5, 5.41) is 6.74. The number of rotatable bonds is 5. The molecule has 3 rings (SSSR count). The van der Waals surface area contributed by atoms with Gasteiger partial charge < -0.3 is 16.4 Å². The number of hydrogen-bond donors (Lipinski definition) is 3. The molecule has 0 radical (unpaired) electrons. The summed E-state index contributed by atoms with van der Waals surface area (Å²) < 4.78 is 0. The minimum atomic E-state index is -0.527. The van der Waals surface area contributed by atoms with E-state index in [4.69, 9.17) is 17.3 Å². The quantitative estimate of drug-likeness (QED) is 0.708. The van der Waals surface area contributed by atoms with Crippen LogP contribution < -0.4 is 16.4 Å². The van der Waals surface area contributed by atoms with Gasteiger partial charge in [-0.1, -0.05) is 37.1 Å². The first kappa shape index (κ1) is 17.0. The number of allylic oxidation sites excluding steroid dienone is 1. The molecule has 5 nitrogen and oxygen atoms in total. The Bertz CT molecular complexity index is 890. The molecule has 128 valence electrons. The van der Waals surface area contributed by atoms with Crippen LogP contribution in [0.2, 0.25) is 5.02 Å². The molecular formula is C19H18ClN3O2. The lowest BCUT2D eigenvalue weighted by Crippen LogP contribution is -2.11. The van der Waals surface area contributed by atoms with Crippen molar-refractivity contribution in [3.05, 3.63) is 64.3 Å². The zero-order valence-electron chi connectivity index (χ0n) is 13.7. The van der Waals surface area contributed by atoms with E-state index in [9.17, 15) is 9.59 Å². The number of anilines is 2. The number of carbonyl (C=O) groups is 2. The molecule has 0 spiro atoms. The number of amides is 2. The van der Waals surface area contributed by atoms with Crippen LogP contribution in [0.1, 0.15) is 35.7 Å². The fourth-order valence-electron chi connectivity index (χ4n) is 2.87. The van der Waals surface area contributed by atoms with E-state index < -0.39 is 5.91 Å². The number of primary amides is 1. The highest BCUT2D eigenvalue weighted by molar-refractivity contribution is 6.33. The molecule has 1 heterocycles. The van der Waals surface area contributed by atoms with Gasteiger partial charge in [-0.15, -0.1) is 0 Å². The molecule has 2 aromatic rings. The van der Waals surface area contributed by atoms with E-state index in [1.54, 1.807) is 24.3 Å². The van der Waals surface area contributed by atoms with Gasteiger partial charge in [-0.3, -0.25) is 9.59 Å². The maximum atomic E-state index is 12.5. The second-order valence-corrected chi connectivity index (χ2v) is 6.25. The van der Waals surface area contributed by atoms with Crippen LogP contribution in [0.25, 0.3) is 5.57 Å². The second kappa shape index (κ2) is 6.99. The van der Waals surface area contributed by atoms with Gasteiger partial charge in [0.1, 0.15) is 0 Å². The van der Waals surface area contributed by atoms with Crippen molar-refractivity contribution in [1.82, 2.24) is 0 Å². The fraction of sp³-hybridized carbons (Fsp3) is 0.158. The van der Waals surface area contributed by atoms with Crippen molar-refractivity contribution in [2.45, 2.75) is 19.8 Å². The first-order chi connectivity index (χ1) is 12.0. The van der Waals surface area contributed by atoms with Crippen molar-refractivity contribution in [2.75, 3.05) is 10.6 Å². The zero-order valence-corrected chi connectivity index (χ0v) is 14.5. The Kier molecular flexibility index (Phi) is 4.76. The van der Waals surface area contributed by atoms with E-state index in [0.29, 0.717) is 28.3 Å². The van der Waals surface area contributed by atoms with Crippen LogP contribution in [-0.2, 0) is 4.79 Å². The summed E-state index contributed by atoms with van der Waals surface area (Å²) in [4.78, 5) is 23.9. The van der Waals surface area contributed by atoms with Gasteiger partial charge in [-0.25, -0.2) is 0 Å². The van der Waals surface area contributed by atoms with Crippen LogP contribution in [0.4, 0.5) is 11.4 Å². The molecule has 0 aliphatic carbocycles. The summed E-state index contributed by atoms with van der Waals surface area (Å²) in [7, 11) is 0. The number of hydrogen-bond acceptors (Lipinski definition) is 3. The van der Waals surface area contributed by atoms with E-state index >= 15 is 0 Å². The number of carbonyl (C=O) groups excluding carboxylic acids is 2. The van der Waals surface area contributed by atoms with Crippen LogP contribution >= 0.6 is 11.6 Å². The maximum Gasteiger partial charge on any atom is 0.258 e. The van der Waals surface area contributed by atoms with Gasteiger partial charge in [0.25, 0.3) is 5.91 Å². The van der Waals surface area contributed by atoms with Crippen LogP contribution in [0, 0.1) is 0 Å². The van der Waals surface area contributed by atoms with Gasteiger partial charge >= 0.3 is 0 Å². The third-order valence-electron chi connectivity index (χ3n) is 3.97. The Morgan fingerprint density at radius 3 is 2.72 bits per heavy atom. The molecule has 4 N–H and O–H groups in total. The molecule has 0 fully saturated rings. The number of fused-ring (bicyclic) bond motifs is 1. The third-order valence-corrected chi connectivity index (χ3v) is 4.21. The monoisotopic (exact) mass is 355 g/mol. The van der Waals surface area contributed by atoms with E-state index in [-0.39, 0.29) is 5.91 Å². The van der Waals surface area contributed by atoms with E-state index in [1.807, 2.05) is 25.1 Å². The van der Waals surface area contributed by atoms with E-state index in [1.165, 1.54) is 0 Å². The van der Waals surface area contributed by atoms with Gasteiger partial charge in [0.05, 0.1) is 5.57 Å². The Morgan fingerprint density at radius 1 is 1.24 bits per heavy atom. The lowest BCUT2D eigenvalue weighted by Gasteiger charge is -2.14. The minimum absolute atomic E-state index is 0.199. The molecule has 0 saturated heterocycles. The normalized spacial score (nSPS) is 14.7. The molecule has 0 aromatic heterocycles. The van der Waals surface area contributed by atoms with Gasteiger partial charge in [0.2, 0.25) is 5.91 Å². The summed E-state index contributed by atoms with van der Waals surface area (Å²) in [5.41, 5.74) is 9.23. The van der Waals surface area contributed by atoms with Crippen LogP contribution in [0.15, 0.2) is 48.2 Å². The van der Waals surface area contributed by atoms with Crippen molar-refractivity contribution >= 4 is 40.4 Å². The minimum Gasteiger partial charge on any atom is -0.366 e. The number of halogens is 1. The molecule has 6 heteroatoms. The predicted molar refractivity (Wildman–Crippen MR) is 100 cm³/mol. The van der Waals surface area contributed by atoms with Crippen molar-refractivity contribution < 1.29 is 9.59 Å². The molecule has 0 unspecified atom stereocenters. The second-order valence-electron chi connectivity index (χ2n) is 5.82. The molecule has 1 aliphatic rings. The van der Waals surface area contributed by atoms with Crippen LogP contribution in [0.3, 0.4) is 0 Å². The van der Waals surface area contributed by atoms with Gasteiger partial charge in [-0.2, -0.15) is 0 Å². The standard InChI is InChI=1S/C19H18ClN3O2/c1-2-4-15(22-13-6-3-5-12(20)10-13)17-14-8-7-11(18(21)24)9-16(14)23-19(17)25/h3,5-10,22H,2,4H2,1H3,(H2,21,24)(H,23,25)/b17-15-. The lowest BCUT2D eigenvalue weighted by atomic mass is 10.0. The number of nitrogens with one attached hydrogen (secondary N) is 2. The van der Waals surface area contributed by atoms with Crippen molar-refractivity contribution in [3.63, 3.8) is 0 Å². The summed E-state index contributed by atoms with van der Waals surface area (Å²) in [6.45, 7) is 2.05. The van der Waals surface area contributed by atoms with E-state index in [0.717, 1.165) is 23.4 Å². The number of benzene rings is 2. The van der Waals surface area contributed by atoms with Crippen molar-refractivity contribution in [3.8, 4) is 0 Å².